The van der Waals surface area contributed by atoms with E-state index < -0.39 is 16.8 Å². The van der Waals surface area contributed by atoms with Crippen LogP contribution in [0, 0.1) is 44.3 Å². The predicted molar refractivity (Wildman–Crippen MR) is 132 cm³/mol. The normalized spacial score (nSPS) is 46.8. The van der Waals surface area contributed by atoms with Gasteiger partial charge in [-0.15, -0.1) is 0 Å². The summed E-state index contributed by atoms with van der Waals surface area (Å²) in [6.45, 7) is 15.5. The van der Waals surface area contributed by atoms with Crippen molar-refractivity contribution in [3.63, 3.8) is 0 Å². The fraction of sp³-hybridized carbons (Fsp3) is 0.767. The molecule has 0 heterocycles. The molecule has 0 aromatic rings. The summed E-state index contributed by atoms with van der Waals surface area (Å²) in [6, 6.07) is 0. The summed E-state index contributed by atoms with van der Waals surface area (Å²) in [6.07, 6.45) is 10.3. The lowest BCUT2D eigenvalue weighted by Gasteiger charge is -2.67. The van der Waals surface area contributed by atoms with Gasteiger partial charge < -0.3 is 5.11 Å². The number of allylic oxidation sites excluding steroid dienone is 4. The fourth-order valence-corrected chi connectivity index (χ4v) is 9.55. The van der Waals surface area contributed by atoms with E-state index in [0.717, 1.165) is 25.7 Å². The van der Waals surface area contributed by atoms with Gasteiger partial charge in [0.1, 0.15) is 11.6 Å². The van der Waals surface area contributed by atoms with Gasteiger partial charge in [0.25, 0.3) is 0 Å². The first kappa shape index (κ1) is 24.0. The Morgan fingerprint density at radius 2 is 1.56 bits per heavy atom. The van der Waals surface area contributed by atoms with Gasteiger partial charge in [0.05, 0.1) is 5.41 Å². The van der Waals surface area contributed by atoms with Crippen LogP contribution >= 0.6 is 0 Å². The molecule has 4 heteroatoms. The molecular weight excluding hydrogens is 424 g/mol. The fourth-order valence-electron chi connectivity index (χ4n) is 9.55. The Hall–Kier alpha value is -1.71. The number of fused-ring (bicyclic) bond motifs is 7. The highest BCUT2D eigenvalue weighted by Crippen LogP contribution is 2.74. The zero-order chi connectivity index (χ0) is 25.1. The molecule has 0 aromatic heterocycles. The molecule has 4 nitrogen and oxygen atoms in total. The van der Waals surface area contributed by atoms with Gasteiger partial charge in [0.15, 0.2) is 0 Å². The molecule has 0 aromatic carbocycles. The first-order valence-electron chi connectivity index (χ1n) is 13.3. The van der Waals surface area contributed by atoms with Crippen molar-refractivity contribution >= 4 is 17.5 Å². The predicted octanol–water partition coefficient (Wildman–Crippen LogP) is 6.54. The molecule has 186 valence electrons. The maximum Gasteiger partial charge on any atom is 0.310 e. The number of hydrogen-bond acceptors (Lipinski definition) is 3. The summed E-state index contributed by atoms with van der Waals surface area (Å²) in [5.41, 5.74) is 0.770. The number of ketones is 2. The molecule has 4 saturated carbocycles. The first-order valence-corrected chi connectivity index (χ1v) is 13.3. The van der Waals surface area contributed by atoms with E-state index in [-0.39, 0.29) is 39.8 Å². The van der Waals surface area contributed by atoms with Crippen molar-refractivity contribution in [3.8, 4) is 0 Å². The van der Waals surface area contributed by atoms with E-state index in [1.165, 1.54) is 11.1 Å². The van der Waals surface area contributed by atoms with Crippen LogP contribution < -0.4 is 0 Å². The molecular formula is C30H42O4. The molecule has 0 spiro atoms. The molecule has 6 atom stereocenters. The minimum absolute atomic E-state index is 0.0153. The number of carboxylic acid groups (broad SMARTS) is 1. The Bertz CT molecular complexity index is 1060. The quantitative estimate of drug-likeness (QED) is 0.476. The number of hydrogen-bond donors (Lipinski definition) is 1. The molecule has 0 unspecified atom stereocenters. The Morgan fingerprint density at radius 1 is 0.882 bits per heavy atom. The first-order chi connectivity index (χ1) is 15.6. The Labute approximate surface area is 204 Å². The summed E-state index contributed by atoms with van der Waals surface area (Å²) < 4.78 is 0. The summed E-state index contributed by atoms with van der Waals surface area (Å²) in [7, 11) is 0. The number of carbonyl (C=O) groups is 3. The van der Waals surface area contributed by atoms with Gasteiger partial charge in [-0.05, 0) is 66.6 Å². The largest absolute Gasteiger partial charge is 0.481 e. The molecule has 1 N–H and O–H groups in total. The second-order valence-electron chi connectivity index (χ2n) is 14.2. The standard InChI is InChI=1S/C30H42O4/c1-25(2)16-19-18-8-9-21-27(5)12-11-22(31)26(3,4)20(27)10-13-29(21,7)28(18,6)14-15-30(19,24(33)34)17-23(25)32/h8-9,19-20H,10-17H2,1-7H3,(H,33,34)/t19-,20+,27-,28+,29+,30+/m0/s1. The summed E-state index contributed by atoms with van der Waals surface area (Å²) in [4.78, 5) is 38.6. The van der Waals surface area contributed by atoms with Crippen LogP contribution in [0.25, 0.3) is 0 Å². The lowest BCUT2D eigenvalue weighted by molar-refractivity contribution is -0.168. The number of rotatable bonds is 1. The second kappa shape index (κ2) is 6.73. The maximum absolute atomic E-state index is 13.0. The van der Waals surface area contributed by atoms with Crippen molar-refractivity contribution in [2.75, 3.05) is 0 Å². The van der Waals surface area contributed by atoms with Crippen molar-refractivity contribution in [2.45, 2.75) is 99.8 Å². The second-order valence-corrected chi connectivity index (χ2v) is 14.2. The van der Waals surface area contributed by atoms with Gasteiger partial charge in [-0.25, -0.2) is 0 Å². The molecule has 5 rings (SSSR count). The van der Waals surface area contributed by atoms with Crippen LogP contribution in [0.4, 0.5) is 0 Å². The number of aliphatic carboxylic acids is 1. The molecule has 0 amide bonds. The van der Waals surface area contributed by atoms with E-state index in [1.807, 2.05) is 13.8 Å². The lowest BCUT2D eigenvalue weighted by Crippen LogP contribution is -2.62. The van der Waals surface area contributed by atoms with E-state index in [2.05, 4.69) is 46.8 Å². The molecule has 0 aliphatic heterocycles. The molecule has 5 aliphatic carbocycles. The minimum atomic E-state index is -0.972. The van der Waals surface area contributed by atoms with Crippen LogP contribution in [-0.4, -0.2) is 22.6 Å². The van der Waals surface area contributed by atoms with Crippen molar-refractivity contribution in [1.82, 2.24) is 0 Å². The SMILES string of the molecule is CC1(C)C[C@H]2C3=CC=C4[C@@]5(C)CCC(=O)C(C)(C)[C@H]5CC[C@@]4(C)[C@]3(C)CC[C@@]2(C(=O)O)CC1=O. The number of carbonyl (C=O) groups excluding carboxylic acids is 2. The van der Waals surface area contributed by atoms with Gasteiger partial charge in [0, 0.05) is 23.7 Å². The van der Waals surface area contributed by atoms with Crippen molar-refractivity contribution < 1.29 is 19.5 Å². The topological polar surface area (TPSA) is 71.4 Å². The Kier molecular flexibility index (Phi) is 4.75. The zero-order valence-electron chi connectivity index (χ0n) is 22.1. The van der Waals surface area contributed by atoms with Crippen LogP contribution in [0.5, 0.6) is 0 Å². The molecule has 0 bridgehead atoms. The highest BCUT2D eigenvalue weighted by molar-refractivity contribution is 5.92. The third kappa shape index (κ3) is 2.64. The molecule has 34 heavy (non-hydrogen) atoms. The Morgan fingerprint density at radius 3 is 2.21 bits per heavy atom. The van der Waals surface area contributed by atoms with Crippen LogP contribution in [0.1, 0.15) is 99.8 Å². The third-order valence-electron chi connectivity index (χ3n) is 12.1. The van der Waals surface area contributed by atoms with Crippen molar-refractivity contribution in [3.05, 3.63) is 23.3 Å². The van der Waals surface area contributed by atoms with Crippen molar-refractivity contribution in [2.24, 2.45) is 44.3 Å². The average Bonchev–Trinajstić information content (AvgIpc) is 2.72. The summed E-state index contributed by atoms with van der Waals surface area (Å²) in [5, 5.41) is 10.4. The van der Waals surface area contributed by atoms with Gasteiger partial charge in [-0.1, -0.05) is 71.8 Å². The van der Waals surface area contributed by atoms with Gasteiger partial charge in [0.2, 0.25) is 0 Å². The van der Waals surface area contributed by atoms with Crippen LogP contribution in [0.3, 0.4) is 0 Å². The molecule has 4 fully saturated rings. The van der Waals surface area contributed by atoms with E-state index in [1.54, 1.807) is 0 Å². The molecule has 5 aliphatic rings. The summed E-state index contributed by atoms with van der Waals surface area (Å²) >= 11 is 0. The third-order valence-corrected chi connectivity index (χ3v) is 12.1. The number of Topliss-reactive ketones (excluding diaryl/α,β-unsaturated/α-hetero) is 2. The van der Waals surface area contributed by atoms with Gasteiger partial charge in [-0.2, -0.15) is 0 Å². The van der Waals surface area contributed by atoms with E-state index in [0.29, 0.717) is 31.0 Å². The van der Waals surface area contributed by atoms with Crippen LogP contribution in [0.2, 0.25) is 0 Å². The van der Waals surface area contributed by atoms with Gasteiger partial charge >= 0.3 is 5.97 Å². The van der Waals surface area contributed by atoms with E-state index in [4.69, 9.17) is 0 Å². The average molecular weight is 467 g/mol. The van der Waals surface area contributed by atoms with Crippen molar-refractivity contribution in [1.29, 1.82) is 0 Å². The van der Waals surface area contributed by atoms with E-state index >= 15 is 0 Å². The molecule has 0 saturated heterocycles. The monoisotopic (exact) mass is 466 g/mol. The minimum Gasteiger partial charge on any atom is -0.481 e. The molecule has 0 radical (unpaired) electrons. The van der Waals surface area contributed by atoms with Crippen LogP contribution in [-0.2, 0) is 14.4 Å². The Balaban J connectivity index is 1.67. The smallest absolute Gasteiger partial charge is 0.310 e. The van der Waals surface area contributed by atoms with Gasteiger partial charge in [-0.3, -0.25) is 14.4 Å². The highest BCUT2D eigenvalue weighted by Gasteiger charge is 2.68. The number of carboxylic acids is 1. The van der Waals surface area contributed by atoms with E-state index in [9.17, 15) is 19.5 Å². The zero-order valence-corrected chi connectivity index (χ0v) is 22.1. The summed E-state index contributed by atoms with van der Waals surface area (Å²) in [5.74, 6) is -0.0772. The highest BCUT2D eigenvalue weighted by atomic mass is 16.4. The maximum atomic E-state index is 13.0. The lowest BCUT2D eigenvalue weighted by atomic mass is 9.36. The van der Waals surface area contributed by atoms with Crippen LogP contribution in [0.15, 0.2) is 23.3 Å².